The largest absolute Gasteiger partial charge is 0.491 e. The number of aliphatic hydroxyl groups is 1. The Morgan fingerprint density at radius 2 is 1.60 bits per heavy atom. The van der Waals surface area contributed by atoms with Crippen LogP contribution < -0.4 is 9.04 Å². The maximum atomic E-state index is 13.4. The van der Waals surface area contributed by atoms with Gasteiger partial charge in [0.05, 0.1) is 17.1 Å². The van der Waals surface area contributed by atoms with Gasteiger partial charge in [-0.2, -0.15) is 0 Å². The summed E-state index contributed by atoms with van der Waals surface area (Å²) in [4.78, 5) is 0.0724. The summed E-state index contributed by atoms with van der Waals surface area (Å²) in [5.74, 6) is 0.00577. The number of aliphatic hydroxyl groups excluding tert-OH is 1. The summed E-state index contributed by atoms with van der Waals surface area (Å²) >= 11 is 5.84. The molecule has 0 saturated carbocycles. The van der Waals surface area contributed by atoms with E-state index in [-0.39, 0.29) is 23.7 Å². The Morgan fingerprint density at radius 1 is 1.00 bits per heavy atom. The van der Waals surface area contributed by atoms with Crippen LogP contribution in [0.1, 0.15) is 5.56 Å². The second-order valence-electron chi connectivity index (χ2n) is 6.74. The Morgan fingerprint density at radius 3 is 2.20 bits per heavy atom. The van der Waals surface area contributed by atoms with E-state index in [4.69, 9.17) is 16.3 Å². The number of anilines is 1. The van der Waals surface area contributed by atoms with Crippen LogP contribution in [0.2, 0.25) is 5.02 Å². The van der Waals surface area contributed by atoms with Gasteiger partial charge in [0.2, 0.25) is 0 Å². The van der Waals surface area contributed by atoms with E-state index >= 15 is 0 Å². The van der Waals surface area contributed by atoms with Gasteiger partial charge in [-0.1, -0.05) is 29.3 Å². The highest BCUT2D eigenvalue weighted by Gasteiger charge is 2.27. The topological polar surface area (TPSA) is 66.8 Å². The lowest BCUT2D eigenvalue weighted by Crippen LogP contribution is -2.39. The van der Waals surface area contributed by atoms with Gasteiger partial charge in [-0.15, -0.1) is 0 Å². The SMILES string of the molecule is Cc1ccc(S(=O)(=O)N(C[C@@H](O)COc2ccc(Cl)cc2)c2ccc(F)cc2)cc1. The average Bonchev–Trinajstić information content (AvgIpc) is 2.72. The molecule has 0 bridgehead atoms. The average molecular weight is 450 g/mol. The third kappa shape index (κ3) is 5.50. The van der Waals surface area contributed by atoms with Gasteiger partial charge in [0, 0.05) is 5.02 Å². The molecule has 158 valence electrons. The van der Waals surface area contributed by atoms with Crippen molar-refractivity contribution in [3.8, 4) is 5.75 Å². The van der Waals surface area contributed by atoms with Gasteiger partial charge in [-0.05, 0) is 67.6 Å². The van der Waals surface area contributed by atoms with Crippen molar-refractivity contribution in [3.63, 3.8) is 0 Å². The van der Waals surface area contributed by atoms with Crippen LogP contribution in [-0.2, 0) is 10.0 Å². The van der Waals surface area contributed by atoms with E-state index < -0.39 is 21.9 Å². The molecule has 0 aliphatic heterocycles. The van der Waals surface area contributed by atoms with Crippen LogP contribution in [0.25, 0.3) is 0 Å². The van der Waals surface area contributed by atoms with Crippen LogP contribution in [0.4, 0.5) is 10.1 Å². The number of benzene rings is 3. The number of hydrogen-bond acceptors (Lipinski definition) is 4. The third-order valence-electron chi connectivity index (χ3n) is 4.36. The molecule has 1 atom stereocenters. The summed E-state index contributed by atoms with van der Waals surface area (Å²) in [6.45, 7) is 1.45. The van der Waals surface area contributed by atoms with Gasteiger partial charge in [0.25, 0.3) is 10.0 Å². The summed E-state index contributed by atoms with van der Waals surface area (Å²) in [5.41, 5.74) is 1.15. The van der Waals surface area contributed by atoms with Gasteiger partial charge in [0.1, 0.15) is 24.3 Å². The molecular weight excluding hydrogens is 429 g/mol. The van der Waals surface area contributed by atoms with Crippen molar-refractivity contribution in [2.24, 2.45) is 0 Å². The van der Waals surface area contributed by atoms with Crippen LogP contribution in [-0.4, -0.2) is 32.8 Å². The van der Waals surface area contributed by atoms with Crippen molar-refractivity contribution >= 4 is 27.3 Å². The molecule has 0 radical (unpaired) electrons. The molecule has 8 heteroatoms. The molecular formula is C22H21ClFNO4S. The predicted molar refractivity (Wildman–Crippen MR) is 115 cm³/mol. The van der Waals surface area contributed by atoms with Gasteiger partial charge in [0.15, 0.2) is 0 Å². The van der Waals surface area contributed by atoms with Crippen molar-refractivity contribution < 1.29 is 22.7 Å². The van der Waals surface area contributed by atoms with Crippen molar-refractivity contribution in [3.05, 3.63) is 89.2 Å². The van der Waals surface area contributed by atoms with E-state index in [0.717, 1.165) is 9.87 Å². The highest BCUT2D eigenvalue weighted by atomic mass is 35.5. The zero-order valence-electron chi connectivity index (χ0n) is 16.2. The predicted octanol–water partition coefficient (Wildman–Crippen LogP) is 4.42. The maximum absolute atomic E-state index is 13.4. The molecule has 0 amide bonds. The molecule has 0 saturated heterocycles. The highest BCUT2D eigenvalue weighted by Crippen LogP contribution is 2.25. The first kappa shape index (κ1) is 22.1. The maximum Gasteiger partial charge on any atom is 0.264 e. The number of ether oxygens (including phenoxy) is 1. The Balaban J connectivity index is 1.83. The summed E-state index contributed by atoms with van der Waals surface area (Å²) in [5, 5.41) is 11.0. The zero-order chi connectivity index (χ0) is 21.7. The fourth-order valence-corrected chi connectivity index (χ4v) is 4.38. The van der Waals surface area contributed by atoms with Gasteiger partial charge in [-0.25, -0.2) is 12.8 Å². The second-order valence-corrected chi connectivity index (χ2v) is 9.04. The third-order valence-corrected chi connectivity index (χ3v) is 6.42. The van der Waals surface area contributed by atoms with E-state index in [0.29, 0.717) is 10.8 Å². The quantitative estimate of drug-likeness (QED) is 0.552. The first-order valence-electron chi connectivity index (χ1n) is 9.17. The molecule has 0 aliphatic rings. The standard InChI is InChI=1S/C22H21ClFNO4S/c1-16-2-12-22(13-3-16)30(27,28)25(19-8-6-18(24)7-9-19)14-20(26)15-29-21-10-4-17(23)5-11-21/h2-13,20,26H,14-15H2,1H3/t20-/m1/s1. The van der Waals surface area contributed by atoms with Crippen LogP contribution in [0.5, 0.6) is 5.75 Å². The lowest BCUT2D eigenvalue weighted by Gasteiger charge is -2.27. The molecule has 3 rings (SSSR count). The number of rotatable bonds is 8. The summed E-state index contributed by atoms with van der Waals surface area (Å²) in [7, 11) is -3.99. The van der Waals surface area contributed by atoms with E-state index in [1.165, 1.54) is 36.4 Å². The normalized spacial score (nSPS) is 12.4. The van der Waals surface area contributed by atoms with Gasteiger partial charge in [-0.3, -0.25) is 4.31 Å². The summed E-state index contributed by atoms with van der Waals surface area (Å²) in [6, 6.07) is 18.0. The minimum atomic E-state index is -3.99. The van der Waals surface area contributed by atoms with Crippen LogP contribution >= 0.6 is 11.6 Å². The molecule has 3 aromatic carbocycles. The van der Waals surface area contributed by atoms with Crippen molar-refractivity contribution in [1.82, 2.24) is 0 Å². The minimum absolute atomic E-state index is 0.0724. The highest BCUT2D eigenvalue weighted by molar-refractivity contribution is 7.92. The van der Waals surface area contributed by atoms with Crippen molar-refractivity contribution in [1.29, 1.82) is 0 Å². The molecule has 0 aromatic heterocycles. The smallest absolute Gasteiger partial charge is 0.264 e. The molecule has 5 nitrogen and oxygen atoms in total. The number of sulfonamides is 1. The van der Waals surface area contributed by atoms with E-state index in [1.807, 2.05) is 6.92 Å². The fourth-order valence-electron chi connectivity index (χ4n) is 2.75. The van der Waals surface area contributed by atoms with Crippen molar-refractivity contribution in [2.75, 3.05) is 17.5 Å². The molecule has 1 N–H and O–H groups in total. The summed E-state index contributed by atoms with van der Waals surface area (Å²) in [6.07, 6.45) is -1.13. The monoisotopic (exact) mass is 449 g/mol. The number of halogens is 2. The first-order chi connectivity index (χ1) is 14.3. The fraction of sp³-hybridized carbons (Fsp3) is 0.182. The molecule has 3 aromatic rings. The van der Waals surface area contributed by atoms with E-state index in [9.17, 15) is 17.9 Å². The lowest BCUT2D eigenvalue weighted by molar-refractivity contribution is 0.115. The molecule has 0 unspecified atom stereocenters. The zero-order valence-corrected chi connectivity index (χ0v) is 17.8. The Labute approximate surface area is 180 Å². The first-order valence-corrected chi connectivity index (χ1v) is 11.0. The molecule has 0 fully saturated rings. The molecule has 0 heterocycles. The number of aryl methyl sites for hydroxylation is 1. The Hall–Kier alpha value is -2.61. The van der Waals surface area contributed by atoms with Gasteiger partial charge < -0.3 is 9.84 Å². The Kier molecular flexibility index (Phi) is 6.97. The Bertz CT molecular complexity index is 1070. The van der Waals surface area contributed by atoms with E-state index in [2.05, 4.69) is 0 Å². The van der Waals surface area contributed by atoms with Gasteiger partial charge >= 0.3 is 0 Å². The molecule has 0 aliphatic carbocycles. The number of hydrogen-bond donors (Lipinski definition) is 1. The minimum Gasteiger partial charge on any atom is -0.491 e. The van der Waals surface area contributed by atoms with Crippen LogP contribution in [0, 0.1) is 12.7 Å². The van der Waals surface area contributed by atoms with Crippen molar-refractivity contribution in [2.45, 2.75) is 17.9 Å². The van der Waals surface area contributed by atoms with E-state index in [1.54, 1.807) is 36.4 Å². The van der Waals surface area contributed by atoms with Crippen LogP contribution in [0.15, 0.2) is 77.7 Å². The molecule has 0 spiro atoms. The lowest BCUT2D eigenvalue weighted by atomic mass is 10.2. The second kappa shape index (κ2) is 9.47. The summed E-state index contributed by atoms with van der Waals surface area (Å²) < 4.78 is 46.4. The van der Waals surface area contributed by atoms with Crippen LogP contribution in [0.3, 0.4) is 0 Å². The number of nitrogens with zero attached hydrogens (tertiary/aromatic N) is 1. The molecule has 30 heavy (non-hydrogen) atoms.